The SMILES string of the molecule is COc1cc2c(cc1OC)C(OC)OC2CC#N. The summed E-state index contributed by atoms with van der Waals surface area (Å²) in [4.78, 5) is 0. The van der Waals surface area contributed by atoms with E-state index in [1.54, 1.807) is 21.3 Å². The molecule has 1 heterocycles. The summed E-state index contributed by atoms with van der Waals surface area (Å²) < 4.78 is 21.4. The molecule has 2 rings (SSSR count). The van der Waals surface area contributed by atoms with Crippen LogP contribution in [-0.4, -0.2) is 21.3 Å². The Bertz CT molecular complexity index is 481. The van der Waals surface area contributed by atoms with Gasteiger partial charge in [0, 0.05) is 12.7 Å². The highest BCUT2D eigenvalue weighted by Gasteiger charge is 2.33. The van der Waals surface area contributed by atoms with E-state index >= 15 is 0 Å². The average Bonchev–Trinajstić information content (AvgIpc) is 2.75. The summed E-state index contributed by atoms with van der Waals surface area (Å²) in [5.74, 6) is 1.25. The van der Waals surface area contributed by atoms with Crippen LogP contribution in [0.2, 0.25) is 0 Å². The number of hydrogen-bond donors (Lipinski definition) is 0. The first-order valence-electron chi connectivity index (χ1n) is 5.56. The molecule has 1 aliphatic rings. The molecule has 0 aliphatic carbocycles. The Kier molecular flexibility index (Phi) is 3.70. The maximum atomic E-state index is 8.81. The third-order valence-electron chi connectivity index (χ3n) is 2.97. The first-order chi connectivity index (χ1) is 8.74. The van der Waals surface area contributed by atoms with Gasteiger partial charge in [0.1, 0.15) is 0 Å². The Hall–Kier alpha value is -1.77. The number of fused-ring (bicyclic) bond motifs is 1. The molecule has 1 aliphatic heterocycles. The van der Waals surface area contributed by atoms with Crippen LogP contribution >= 0.6 is 0 Å². The maximum absolute atomic E-state index is 8.81. The van der Waals surface area contributed by atoms with Crippen molar-refractivity contribution in [1.29, 1.82) is 5.26 Å². The molecule has 0 spiro atoms. The lowest BCUT2D eigenvalue weighted by molar-refractivity contribution is -0.141. The molecule has 1 aromatic rings. The molecule has 0 amide bonds. The molecule has 2 atom stereocenters. The van der Waals surface area contributed by atoms with E-state index in [1.807, 2.05) is 12.1 Å². The zero-order valence-corrected chi connectivity index (χ0v) is 10.6. The van der Waals surface area contributed by atoms with Gasteiger partial charge in [-0.25, -0.2) is 0 Å². The minimum Gasteiger partial charge on any atom is -0.493 e. The largest absolute Gasteiger partial charge is 0.493 e. The van der Waals surface area contributed by atoms with Gasteiger partial charge < -0.3 is 18.9 Å². The van der Waals surface area contributed by atoms with Gasteiger partial charge in [-0.05, 0) is 17.7 Å². The predicted molar refractivity (Wildman–Crippen MR) is 63.4 cm³/mol. The van der Waals surface area contributed by atoms with Gasteiger partial charge in [0.05, 0.1) is 32.8 Å². The predicted octanol–water partition coefficient (Wildman–Crippen LogP) is 2.33. The molecule has 0 saturated carbocycles. The summed E-state index contributed by atoms with van der Waals surface area (Å²) in [5.41, 5.74) is 1.80. The molecule has 2 unspecified atom stereocenters. The summed E-state index contributed by atoms with van der Waals surface area (Å²) in [7, 11) is 4.72. The zero-order valence-electron chi connectivity index (χ0n) is 10.6. The van der Waals surface area contributed by atoms with Crippen molar-refractivity contribution in [2.45, 2.75) is 18.8 Å². The lowest BCUT2D eigenvalue weighted by atomic mass is 10.0. The second-order valence-electron chi connectivity index (χ2n) is 3.89. The number of methoxy groups -OCH3 is 3. The van der Waals surface area contributed by atoms with E-state index < -0.39 is 6.29 Å². The molecule has 5 heteroatoms. The molecular weight excluding hydrogens is 234 g/mol. The Morgan fingerprint density at radius 2 is 1.78 bits per heavy atom. The molecule has 1 aromatic carbocycles. The first kappa shape index (κ1) is 12.7. The lowest BCUT2D eigenvalue weighted by Gasteiger charge is -2.12. The second-order valence-corrected chi connectivity index (χ2v) is 3.89. The van der Waals surface area contributed by atoms with Crippen LogP contribution in [0.5, 0.6) is 11.5 Å². The van der Waals surface area contributed by atoms with E-state index in [0.717, 1.165) is 11.1 Å². The second kappa shape index (κ2) is 5.25. The quantitative estimate of drug-likeness (QED) is 0.819. The molecule has 0 saturated heterocycles. The van der Waals surface area contributed by atoms with Crippen molar-refractivity contribution in [3.05, 3.63) is 23.3 Å². The van der Waals surface area contributed by atoms with Crippen LogP contribution in [-0.2, 0) is 9.47 Å². The van der Waals surface area contributed by atoms with Crippen LogP contribution < -0.4 is 9.47 Å². The Balaban J connectivity index is 2.48. The maximum Gasteiger partial charge on any atom is 0.184 e. The van der Waals surface area contributed by atoms with Crippen LogP contribution in [0.4, 0.5) is 0 Å². The number of rotatable bonds is 4. The first-order valence-corrected chi connectivity index (χ1v) is 5.56. The monoisotopic (exact) mass is 249 g/mol. The van der Waals surface area contributed by atoms with E-state index in [2.05, 4.69) is 6.07 Å². The summed E-state index contributed by atoms with van der Waals surface area (Å²) in [5, 5.41) is 8.81. The number of nitriles is 1. The minimum absolute atomic E-state index is 0.280. The van der Waals surface area contributed by atoms with E-state index in [-0.39, 0.29) is 12.5 Å². The van der Waals surface area contributed by atoms with Crippen molar-refractivity contribution in [1.82, 2.24) is 0 Å². The fourth-order valence-electron chi connectivity index (χ4n) is 2.11. The molecule has 0 aromatic heterocycles. The van der Waals surface area contributed by atoms with Crippen LogP contribution in [0.1, 0.15) is 29.9 Å². The Morgan fingerprint density at radius 3 is 2.28 bits per heavy atom. The highest BCUT2D eigenvalue weighted by molar-refractivity contribution is 5.50. The van der Waals surface area contributed by atoms with Crippen LogP contribution in [0, 0.1) is 11.3 Å². The van der Waals surface area contributed by atoms with Crippen molar-refractivity contribution in [2.24, 2.45) is 0 Å². The Morgan fingerprint density at radius 1 is 1.17 bits per heavy atom. The summed E-state index contributed by atoms with van der Waals surface area (Å²) in [6.07, 6.45) is -0.463. The topological polar surface area (TPSA) is 60.7 Å². The molecule has 0 fully saturated rings. The highest BCUT2D eigenvalue weighted by Crippen LogP contribution is 2.45. The summed E-state index contributed by atoms with van der Waals surface area (Å²) in [6.45, 7) is 0. The molecule has 0 N–H and O–H groups in total. The van der Waals surface area contributed by atoms with E-state index in [0.29, 0.717) is 11.5 Å². The third kappa shape index (κ3) is 2.01. The minimum atomic E-state index is -0.460. The van der Waals surface area contributed by atoms with E-state index in [9.17, 15) is 0 Å². The van der Waals surface area contributed by atoms with Crippen molar-refractivity contribution in [2.75, 3.05) is 21.3 Å². The highest BCUT2D eigenvalue weighted by atomic mass is 16.7. The van der Waals surface area contributed by atoms with Gasteiger partial charge in [0.25, 0.3) is 0 Å². The van der Waals surface area contributed by atoms with Gasteiger partial charge in [0.15, 0.2) is 17.8 Å². The van der Waals surface area contributed by atoms with Crippen LogP contribution in [0.25, 0.3) is 0 Å². The number of hydrogen-bond acceptors (Lipinski definition) is 5. The number of benzene rings is 1. The molecular formula is C13H15NO4. The standard InChI is InChI=1S/C13H15NO4/c1-15-11-6-8-9(7-12(11)16-2)13(17-3)18-10(8)4-5-14/h6-7,10,13H,4H2,1-3H3. The van der Waals surface area contributed by atoms with Gasteiger partial charge >= 0.3 is 0 Å². The Labute approximate surface area is 106 Å². The molecule has 96 valence electrons. The van der Waals surface area contributed by atoms with Gasteiger partial charge in [-0.15, -0.1) is 0 Å². The lowest BCUT2D eigenvalue weighted by Crippen LogP contribution is -2.00. The van der Waals surface area contributed by atoms with Crippen molar-refractivity contribution >= 4 is 0 Å². The van der Waals surface area contributed by atoms with E-state index in [4.69, 9.17) is 24.2 Å². The molecule has 5 nitrogen and oxygen atoms in total. The summed E-state index contributed by atoms with van der Waals surface area (Å²) >= 11 is 0. The van der Waals surface area contributed by atoms with Gasteiger partial charge in [0.2, 0.25) is 0 Å². The van der Waals surface area contributed by atoms with Crippen molar-refractivity contribution < 1.29 is 18.9 Å². The van der Waals surface area contributed by atoms with E-state index in [1.165, 1.54) is 0 Å². The molecule has 0 radical (unpaired) electrons. The van der Waals surface area contributed by atoms with Gasteiger partial charge in [-0.1, -0.05) is 0 Å². The average molecular weight is 249 g/mol. The van der Waals surface area contributed by atoms with Crippen LogP contribution in [0.15, 0.2) is 12.1 Å². The fourth-order valence-corrected chi connectivity index (χ4v) is 2.11. The van der Waals surface area contributed by atoms with Crippen molar-refractivity contribution in [3.8, 4) is 17.6 Å². The van der Waals surface area contributed by atoms with Crippen LogP contribution in [0.3, 0.4) is 0 Å². The fraction of sp³-hybridized carbons (Fsp3) is 0.462. The number of ether oxygens (including phenoxy) is 4. The van der Waals surface area contributed by atoms with Crippen molar-refractivity contribution in [3.63, 3.8) is 0 Å². The normalized spacial score (nSPS) is 21.2. The smallest absolute Gasteiger partial charge is 0.184 e. The summed E-state index contributed by atoms with van der Waals surface area (Å²) in [6, 6.07) is 5.78. The molecule has 0 bridgehead atoms. The number of nitrogens with zero attached hydrogens (tertiary/aromatic N) is 1. The third-order valence-corrected chi connectivity index (χ3v) is 2.97. The zero-order chi connectivity index (χ0) is 13.1. The molecule has 18 heavy (non-hydrogen) atoms. The van der Waals surface area contributed by atoms with Gasteiger partial charge in [-0.2, -0.15) is 5.26 Å². The van der Waals surface area contributed by atoms with Gasteiger partial charge in [-0.3, -0.25) is 0 Å².